The Morgan fingerprint density at radius 3 is 2.62 bits per heavy atom. The molecule has 0 spiro atoms. The van der Waals surface area contributed by atoms with Crippen LogP contribution in [0.25, 0.3) is 0 Å². The Hall–Kier alpha value is -1.88. The summed E-state index contributed by atoms with van der Waals surface area (Å²) in [4.78, 5) is 4.26. The highest BCUT2D eigenvalue weighted by Gasteiger charge is 2.07. The van der Waals surface area contributed by atoms with E-state index < -0.39 is 10.3 Å². The first-order valence-corrected chi connectivity index (χ1v) is 5.75. The zero-order valence-electron chi connectivity index (χ0n) is 8.33. The lowest BCUT2D eigenvalue weighted by Crippen LogP contribution is -2.06. The Morgan fingerprint density at radius 2 is 1.94 bits per heavy atom. The van der Waals surface area contributed by atoms with Crippen molar-refractivity contribution >= 4 is 21.4 Å². The Kier molecular flexibility index (Phi) is 3.16. The van der Waals surface area contributed by atoms with Crippen molar-refractivity contribution in [1.29, 1.82) is 0 Å². The van der Waals surface area contributed by atoms with Crippen molar-refractivity contribution in [2.45, 2.75) is 6.42 Å². The first-order valence-electron chi connectivity index (χ1n) is 4.68. The van der Waals surface area contributed by atoms with Crippen LogP contribution in [0.2, 0.25) is 0 Å². The molecule has 0 aliphatic carbocycles. The minimum Gasteiger partial charge on any atom is -0.439 e. The molecule has 1 heterocycles. The van der Waals surface area contributed by atoms with Gasteiger partial charge in [-0.1, -0.05) is 18.2 Å². The largest absolute Gasteiger partial charge is 0.439 e. The van der Waals surface area contributed by atoms with Crippen molar-refractivity contribution in [3.05, 3.63) is 42.3 Å². The topological polar surface area (TPSA) is 55.7 Å². The predicted octanol–water partition coefficient (Wildman–Crippen LogP) is 1.43. The quantitative estimate of drug-likeness (QED) is 0.729. The van der Waals surface area contributed by atoms with Crippen LogP contribution in [-0.4, -0.2) is 19.5 Å². The molecule has 0 unspecified atom stereocenters. The van der Waals surface area contributed by atoms with E-state index >= 15 is 0 Å². The van der Waals surface area contributed by atoms with E-state index in [1.165, 1.54) is 12.3 Å². The Labute approximate surface area is 94.4 Å². The average Bonchev–Trinajstić information content (AvgIpc) is 2.30. The Balaban J connectivity index is 2.24. The predicted molar refractivity (Wildman–Crippen MR) is 62.2 cm³/mol. The van der Waals surface area contributed by atoms with Crippen molar-refractivity contribution in [2.24, 2.45) is 4.99 Å². The number of ether oxygens (including phenoxy) is 1. The number of benzene rings is 1. The van der Waals surface area contributed by atoms with Crippen molar-refractivity contribution in [2.75, 3.05) is 0 Å². The third-order valence-electron chi connectivity index (χ3n) is 1.98. The lowest BCUT2D eigenvalue weighted by Gasteiger charge is -2.08. The van der Waals surface area contributed by atoms with Gasteiger partial charge in [-0.2, -0.15) is 8.42 Å². The smallest absolute Gasteiger partial charge is 0.220 e. The molecule has 16 heavy (non-hydrogen) atoms. The molecule has 0 bridgehead atoms. The summed E-state index contributed by atoms with van der Waals surface area (Å²) >= 11 is 0. The normalized spacial score (nSPS) is 14.5. The van der Waals surface area contributed by atoms with Gasteiger partial charge in [0.2, 0.25) is 16.2 Å². The molecule has 0 saturated heterocycles. The zero-order chi connectivity index (χ0) is 11.4. The number of hydrogen-bond acceptors (Lipinski definition) is 4. The monoisotopic (exact) mass is 235 g/mol. The van der Waals surface area contributed by atoms with Crippen LogP contribution in [0.1, 0.15) is 6.42 Å². The maximum Gasteiger partial charge on any atom is 0.220 e. The number of aliphatic imine (C=N–C) groups is 1. The molecule has 5 heteroatoms. The van der Waals surface area contributed by atoms with Crippen LogP contribution >= 0.6 is 0 Å². The van der Waals surface area contributed by atoms with Crippen molar-refractivity contribution < 1.29 is 13.2 Å². The molecule has 0 aromatic heterocycles. The van der Waals surface area contributed by atoms with Crippen LogP contribution in [0.3, 0.4) is 0 Å². The molecule has 1 aromatic carbocycles. The molecular formula is C11H9NO3S. The van der Waals surface area contributed by atoms with Gasteiger partial charge in [-0.25, -0.2) is 4.99 Å². The lowest BCUT2D eigenvalue weighted by molar-refractivity contribution is 0.421. The van der Waals surface area contributed by atoms with E-state index in [-0.39, 0.29) is 10.7 Å². The lowest BCUT2D eigenvalue weighted by atomic mass is 10.3. The van der Waals surface area contributed by atoms with Crippen LogP contribution in [0.5, 0.6) is 5.75 Å². The second kappa shape index (κ2) is 4.76. The highest BCUT2D eigenvalue weighted by molar-refractivity contribution is 7.73. The third kappa shape index (κ3) is 2.58. The number of allylic oxidation sites excluding steroid dienone is 1. The summed E-state index contributed by atoms with van der Waals surface area (Å²) in [6.45, 7) is 0. The molecule has 0 N–H and O–H groups in total. The van der Waals surface area contributed by atoms with Gasteiger partial charge in [0.1, 0.15) is 5.75 Å². The minimum absolute atomic E-state index is 0.279. The fourth-order valence-corrected chi connectivity index (χ4v) is 1.65. The molecule has 0 amide bonds. The molecule has 4 nitrogen and oxygen atoms in total. The standard InChI is InChI=1S/C11H9NO3S/c13-16(14)10-6-7-12-11(8-10)15-9-4-2-1-3-5-9/h1-5,7-8H,6H2. The second-order valence-electron chi connectivity index (χ2n) is 3.11. The summed E-state index contributed by atoms with van der Waals surface area (Å²) < 4.78 is 26.9. The summed E-state index contributed by atoms with van der Waals surface area (Å²) in [5, 5.41) is 0. The van der Waals surface area contributed by atoms with Crippen LogP contribution in [0, 0.1) is 0 Å². The molecule has 1 aliphatic rings. The van der Waals surface area contributed by atoms with E-state index in [4.69, 9.17) is 4.74 Å². The van der Waals surface area contributed by atoms with Crippen molar-refractivity contribution in [3.63, 3.8) is 0 Å². The molecule has 0 fully saturated rings. The van der Waals surface area contributed by atoms with E-state index in [0.29, 0.717) is 12.2 Å². The molecule has 0 saturated carbocycles. The molecular weight excluding hydrogens is 226 g/mol. The molecule has 2 rings (SSSR count). The van der Waals surface area contributed by atoms with Gasteiger partial charge in [-0.15, -0.1) is 0 Å². The molecule has 0 atom stereocenters. The maximum atomic E-state index is 10.8. The first kappa shape index (κ1) is 10.6. The van der Waals surface area contributed by atoms with Crippen LogP contribution in [0.15, 0.2) is 47.3 Å². The van der Waals surface area contributed by atoms with Gasteiger partial charge in [0.05, 0.1) is 4.86 Å². The second-order valence-corrected chi connectivity index (χ2v) is 4.11. The van der Waals surface area contributed by atoms with Crippen molar-refractivity contribution in [3.8, 4) is 5.75 Å². The highest BCUT2D eigenvalue weighted by Crippen LogP contribution is 2.15. The summed E-state index contributed by atoms with van der Waals surface area (Å²) in [5.41, 5.74) is 0. The fraction of sp³-hybridized carbons (Fsp3) is 0.0909. The third-order valence-corrected chi connectivity index (χ3v) is 2.69. The fourth-order valence-electron chi connectivity index (χ4n) is 1.24. The summed E-state index contributed by atoms with van der Waals surface area (Å²) in [7, 11) is -2.21. The number of para-hydroxylation sites is 1. The van der Waals surface area contributed by atoms with Gasteiger partial charge >= 0.3 is 0 Å². The molecule has 1 aliphatic heterocycles. The van der Waals surface area contributed by atoms with Gasteiger partial charge in [-0.3, -0.25) is 0 Å². The van der Waals surface area contributed by atoms with E-state index in [2.05, 4.69) is 4.99 Å². The van der Waals surface area contributed by atoms with E-state index in [0.717, 1.165) is 0 Å². The molecule has 0 radical (unpaired) electrons. The number of hydrogen-bond donors (Lipinski definition) is 0. The van der Waals surface area contributed by atoms with Gasteiger partial charge < -0.3 is 4.74 Å². The van der Waals surface area contributed by atoms with Gasteiger partial charge in [0, 0.05) is 18.7 Å². The zero-order valence-corrected chi connectivity index (χ0v) is 9.15. The number of nitrogens with zero attached hydrogens (tertiary/aromatic N) is 1. The molecule has 82 valence electrons. The van der Waals surface area contributed by atoms with E-state index in [9.17, 15) is 8.42 Å². The van der Waals surface area contributed by atoms with Crippen LogP contribution in [-0.2, 0) is 10.3 Å². The average molecular weight is 235 g/mol. The van der Waals surface area contributed by atoms with Gasteiger partial charge in [0.25, 0.3) is 0 Å². The SMILES string of the molecule is O=S(=O)=C1C=C(Oc2ccccc2)N=CC1. The van der Waals surface area contributed by atoms with Crippen LogP contribution < -0.4 is 4.74 Å². The Morgan fingerprint density at radius 1 is 1.19 bits per heavy atom. The van der Waals surface area contributed by atoms with E-state index in [1.54, 1.807) is 12.1 Å². The van der Waals surface area contributed by atoms with Crippen LogP contribution in [0.4, 0.5) is 0 Å². The van der Waals surface area contributed by atoms with Crippen molar-refractivity contribution in [1.82, 2.24) is 0 Å². The highest BCUT2D eigenvalue weighted by atomic mass is 32.2. The molecule has 1 aromatic rings. The summed E-state index contributed by atoms with van der Waals surface area (Å²) in [6, 6.07) is 9.09. The van der Waals surface area contributed by atoms with Gasteiger partial charge in [-0.05, 0) is 12.1 Å². The van der Waals surface area contributed by atoms with E-state index in [1.807, 2.05) is 18.2 Å². The summed E-state index contributed by atoms with van der Waals surface area (Å²) in [5.74, 6) is 0.917. The minimum atomic E-state index is -2.21. The van der Waals surface area contributed by atoms with Gasteiger partial charge in [0.15, 0.2) is 0 Å². The summed E-state index contributed by atoms with van der Waals surface area (Å²) in [6.07, 6.45) is 3.26. The Bertz CT molecular complexity index is 563. The first-order chi connectivity index (χ1) is 7.75. The number of rotatable bonds is 2. The maximum absolute atomic E-state index is 10.8.